The minimum absolute atomic E-state index is 0.902. The second-order valence-electron chi connectivity index (χ2n) is 5.12. The molecule has 0 aliphatic rings. The number of benzene rings is 1. The molecule has 0 unspecified atom stereocenters. The van der Waals surface area contributed by atoms with Gasteiger partial charge in [-0.1, -0.05) is 19.9 Å². The van der Waals surface area contributed by atoms with E-state index in [9.17, 15) is 0 Å². The Morgan fingerprint density at radius 1 is 1.29 bits per heavy atom. The van der Waals surface area contributed by atoms with Crippen molar-refractivity contribution in [2.75, 3.05) is 13.7 Å². The van der Waals surface area contributed by atoms with E-state index in [2.05, 4.69) is 44.3 Å². The number of aromatic nitrogens is 1. The number of nitrogens with one attached hydrogen (secondary N) is 1. The summed E-state index contributed by atoms with van der Waals surface area (Å²) in [5.41, 5.74) is 3.48. The lowest BCUT2D eigenvalue weighted by Crippen LogP contribution is -2.13. The third-order valence-electron chi connectivity index (χ3n) is 3.41. The summed E-state index contributed by atoms with van der Waals surface area (Å²) in [6.07, 6.45) is 2.12. The highest BCUT2D eigenvalue weighted by molar-refractivity contribution is 7.15. The summed E-state index contributed by atoms with van der Waals surface area (Å²) in [5.74, 6) is 0.902. The average Bonchev–Trinajstić information content (AvgIpc) is 2.90. The first kappa shape index (κ1) is 16.0. The summed E-state index contributed by atoms with van der Waals surface area (Å²) in [6.45, 7) is 8.37. The zero-order valence-electron chi connectivity index (χ0n) is 13.3. The van der Waals surface area contributed by atoms with E-state index in [1.54, 1.807) is 18.4 Å². The first-order valence-corrected chi connectivity index (χ1v) is 8.35. The van der Waals surface area contributed by atoms with Crippen LogP contribution in [0.2, 0.25) is 0 Å². The number of rotatable bonds is 7. The molecule has 0 saturated heterocycles. The Hall–Kier alpha value is -1.39. The van der Waals surface area contributed by atoms with Crippen molar-refractivity contribution < 1.29 is 4.74 Å². The summed E-state index contributed by atoms with van der Waals surface area (Å²) < 4.78 is 5.51. The summed E-state index contributed by atoms with van der Waals surface area (Å²) in [5, 5.41) is 4.52. The van der Waals surface area contributed by atoms with Crippen LogP contribution in [0.5, 0.6) is 5.75 Å². The largest absolute Gasteiger partial charge is 0.496 e. The van der Waals surface area contributed by atoms with Gasteiger partial charge in [0.1, 0.15) is 10.8 Å². The lowest BCUT2D eigenvalue weighted by Gasteiger charge is -2.06. The van der Waals surface area contributed by atoms with Crippen molar-refractivity contribution in [1.82, 2.24) is 10.3 Å². The lowest BCUT2D eigenvalue weighted by atomic mass is 10.1. The third-order valence-corrected chi connectivity index (χ3v) is 4.54. The van der Waals surface area contributed by atoms with Gasteiger partial charge in [-0.15, -0.1) is 11.3 Å². The predicted octanol–water partition coefficient (Wildman–Crippen LogP) is 4.19. The van der Waals surface area contributed by atoms with Crippen molar-refractivity contribution in [1.29, 1.82) is 0 Å². The maximum Gasteiger partial charge on any atom is 0.129 e. The molecular weight excluding hydrogens is 280 g/mol. The van der Waals surface area contributed by atoms with Gasteiger partial charge in [0, 0.05) is 11.4 Å². The Kier molecular flexibility index (Phi) is 5.76. The Bertz CT molecular complexity index is 592. The smallest absolute Gasteiger partial charge is 0.129 e. The second-order valence-corrected chi connectivity index (χ2v) is 6.21. The highest BCUT2D eigenvalue weighted by atomic mass is 32.1. The zero-order chi connectivity index (χ0) is 15.2. The van der Waals surface area contributed by atoms with E-state index in [1.807, 2.05) is 0 Å². The molecule has 1 N–H and O–H groups in total. The quantitative estimate of drug-likeness (QED) is 0.779. The molecule has 0 amide bonds. The molecule has 0 aliphatic carbocycles. The molecule has 0 bridgehead atoms. The van der Waals surface area contributed by atoms with E-state index in [0.717, 1.165) is 42.3 Å². The minimum Gasteiger partial charge on any atom is -0.496 e. The molecule has 2 aromatic rings. The van der Waals surface area contributed by atoms with Crippen LogP contribution in [0.1, 0.15) is 36.4 Å². The molecule has 0 radical (unpaired) electrons. The Morgan fingerprint density at radius 2 is 2.10 bits per heavy atom. The molecule has 114 valence electrons. The van der Waals surface area contributed by atoms with Crippen LogP contribution in [-0.4, -0.2) is 18.6 Å². The van der Waals surface area contributed by atoms with Gasteiger partial charge in [0.15, 0.2) is 0 Å². The Balaban J connectivity index is 2.32. The zero-order valence-corrected chi connectivity index (χ0v) is 14.1. The number of thiazole rings is 1. The predicted molar refractivity (Wildman–Crippen MR) is 90.2 cm³/mol. The molecule has 1 aromatic carbocycles. The first-order chi connectivity index (χ1) is 10.2. The van der Waals surface area contributed by atoms with Crippen molar-refractivity contribution in [2.45, 2.75) is 40.2 Å². The first-order valence-electron chi connectivity index (χ1n) is 7.53. The van der Waals surface area contributed by atoms with Gasteiger partial charge in [-0.25, -0.2) is 4.98 Å². The van der Waals surface area contributed by atoms with Gasteiger partial charge in [-0.3, -0.25) is 0 Å². The second kappa shape index (κ2) is 7.57. The topological polar surface area (TPSA) is 34.1 Å². The van der Waals surface area contributed by atoms with Crippen LogP contribution in [-0.2, 0) is 13.0 Å². The van der Waals surface area contributed by atoms with Crippen LogP contribution in [0.15, 0.2) is 18.2 Å². The van der Waals surface area contributed by atoms with E-state index in [1.165, 1.54) is 16.1 Å². The van der Waals surface area contributed by atoms with Crippen molar-refractivity contribution >= 4 is 11.3 Å². The number of aryl methyl sites for hydroxylation is 2. The molecule has 1 aromatic heterocycles. The fraction of sp³-hybridized carbons (Fsp3) is 0.471. The molecule has 0 aliphatic heterocycles. The van der Waals surface area contributed by atoms with E-state index in [-0.39, 0.29) is 0 Å². The van der Waals surface area contributed by atoms with Crippen LogP contribution in [0.4, 0.5) is 0 Å². The van der Waals surface area contributed by atoms with Gasteiger partial charge in [-0.05, 0) is 44.0 Å². The van der Waals surface area contributed by atoms with Crippen molar-refractivity contribution in [3.63, 3.8) is 0 Å². The highest BCUT2D eigenvalue weighted by Crippen LogP contribution is 2.35. The van der Waals surface area contributed by atoms with E-state index >= 15 is 0 Å². The summed E-state index contributed by atoms with van der Waals surface area (Å²) in [4.78, 5) is 6.15. The summed E-state index contributed by atoms with van der Waals surface area (Å²) in [7, 11) is 1.72. The number of ether oxygens (including phenoxy) is 1. The highest BCUT2D eigenvalue weighted by Gasteiger charge is 2.14. The maximum absolute atomic E-state index is 5.51. The summed E-state index contributed by atoms with van der Waals surface area (Å²) >= 11 is 1.77. The molecular formula is C17H24N2OS. The van der Waals surface area contributed by atoms with Crippen molar-refractivity contribution in [2.24, 2.45) is 0 Å². The van der Waals surface area contributed by atoms with Crippen LogP contribution in [0.3, 0.4) is 0 Å². The standard InChI is InChI=1S/C17H24N2OS/c1-5-9-18-11-16-14(6-2)19-17(21-16)13-8-7-12(3)10-15(13)20-4/h7-8,10,18H,5-6,9,11H2,1-4H3. The molecule has 21 heavy (non-hydrogen) atoms. The number of methoxy groups -OCH3 is 1. The molecule has 0 spiro atoms. The number of hydrogen-bond acceptors (Lipinski definition) is 4. The normalized spacial score (nSPS) is 10.9. The van der Waals surface area contributed by atoms with Gasteiger partial charge < -0.3 is 10.1 Å². The molecule has 1 heterocycles. The molecule has 3 nitrogen and oxygen atoms in total. The molecule has 0 atom stereocenters. The maximum atomic E-state index is 5.51. The van der Waals surface area contributed by atoms with Crippen LogP contribution >= 0.6 is 11.3 Å². The van der Waals surface area contributed by atoms with Gasteiger partial charge >= 0.3 is 0 Å². The number of nitrogens with zero attached hydrogens (tertiary/aromatic N) is 1. The fourth-order valence-corrected chi connectivity index (χ4v) is 3.42. The van der Waals surface area contributed by atoms with E-state index in [4.69, 9.17) is 9.72 Å². The monoisotopic (exact) mass is 304 g/mol. The van der Waals surface area contributed by atoms with Gasteiger partial charge in [0.25, 0.3) is 0 Å². The van der Waals surface area contributed by atoms with Gasteiger partial charge in [-0.2, -0.15) is 0 Å². The van der Waals surface area contributed by atoms with Crippen LogP contribution in [0.25, 0.3) is 10.6 Å². The van der Waals surface area contributed by atoms with Crippen molar-refractivity contribution in [3.05, 3.63) is 34.3 Å². The average molecular weight is 304 g/mol. The molecule has 2 rings (SSSR count). The third kappa shape index (κ3) is 3.83. The fourth-order valence-electron chi connectivity index (χ4n) is 2.27. The number of hydrogen-bond donors (Lipinski definition) is 1. The summed E-state index contributed by atoms with van der Waals surface area (Å²) in [6, 6.07) is 6.28. The van der Waals surface area contributed by atoms with Crippen LogP contribution in [0, 0.1) is 6.92 Å². The molecule has 4 heteroatoms. The van der Waals surface area contributed by atoms with Gasteiger partial charge in [0.2, 0.25) is 0 Å². The SMILES string of the molecule is CCCNCc1sc(-c2ccc(C)cc2OC)nc1CC. The van der Waals surface area contributed by atoms with E-state index < -0.39 is 0 Å². The Morgan fingerprint density at radius 3 is 2.76 bits per heavy atom. The van der Waals surface area contributed by atoms with Crippen LogP contribution < -0.4 is 10.1 Å². The van der Waals surface area contributed by atoms with Gasteiger partial charge in [0.05, 0.1) is 18.4 Å². The molecule has 0 saturated carbocycles. The van der Waals surface area contributed by atoms with E-state index in [0.29, 0.717) is 0 Å². The molecule has 0 fully saturated rings. The lowest BCUT2D eigenvalue weighted by molar-refractivity contribution is 0.416. The minimum atomic E-state index is 0.902. The Labute approximate surface area is 131 Å². The van der Waals surface area contributed by atoms with Crippen molar-refractivity contribution in [3.8, 4) is 16.3 Å².